The molecule has 4 saturated carbocycles. The predicted molar refractivity (Wildman–Crippen MR) is 488 cm³/mol. The standard InChI is InChI=1S/C90H118O18Si12/c1-111(2,61-57-69-49-53-81-85(65-69)91-81)101-116(77-41-25-13-26-42-77)95-89(73-33-17-9-18-34-73)120(107-116)97-90-96-117(78-43-27-14-28-44-78,102-112(3,4)62-58-70-50-54-82-86(66-70)92-82)105-115(90,76-39-23-12-24-40-76)106-118(79-45-29-15-30-46-79,103-113(5,6)63-59-71-51-55-83-87(67-71)93-83)99-109(74-35-19-10-20-36-74)98-110(75-37-21-11-22-38-75)100-119(108-120,80-47-31-16-32-48-80)104-114(7,8)64-60-72-52-56-84-88(68-72)94-84/h9-48,69-72,81-90H,49-68H2,1-8H3. The Morgan fingerprint density at radius 3 is 0.933 bits per heavy atom. The van der Waals surface area contributed by atoms with Gasteiger partial charge in [-0.25, -0.2) is 0 Å². The van der Waals surface area contributed by atoms with Gasteiger partial charge in [-0.15, -0.1) is 0 Å². The van der Waals surface area contributed by atoms with E-state index in [1.54, 1.807) is 0 Å². The number of benzene rings is 8. The summed E-state index contributed by atoms with van der Waals surface area (Å²) in [6, 6.07) is 86.6. The molecule has 1 spiro atoms. The fourth-order valence-electron chi connectivity index (χ4n) is 19.8. The molecule has 634 valence electrons. The Bertz CT molecular complexity index is 4740. The highest BCUT2D eigenvalue weighted by atomic mass is 28.5. The summed E-state index contributed by atoms with van der Waals surface area (Å²) in [7, 11) is -47.5. The first-order chi connectivity index (χ1) is 58.0. The summed E-state index contributed by atoms with van der Waals surface area (Å²) in [5.41, 5.74) is -0.431. The van der Waals surface area contributed by atoms with Gasteiger partial charge in [0.05, 0.1) is 48.8 Å². The van der Waals surface area contributed by atoms with Crippen molar-refractivity contribution in [3.63, 3.8) is 0 Å². The average Bonchev–Trinajstić information content (AvgIpc) is 1.53. The van der Waals surface area contributed by atoms with E-state index in [1.165, 1.54) is 0 Å². The van der Waals surface area contributed by atoms with Gasteiger partial charge in [0.25, 0.3) is 0 Å². The number of hydrogen-bond donors (Lipinski definition) is 0. The minimum absolute atomic E-state index is 0.305. The van der Waals surface area contributed by atoms with Crippen molar-refractivity contribution in [2.45, 2.75) is 240 Å². The molecule has 8 aromatic rings. The van der Waals surface area contributed by atoms with Gasteiger partial charge in [-0.1, -0.05) is 268 Å². The molecule has 7 aliphatic heterocycles. The van der Waals surface area contributed by atoms with Crippen LogP contribution < -0.4 is 36.3 Å². The van der Waals surface area contributed by atoms with E-state index in [4.69, 9.17) is 69.3 Å². The van der Waals surface area contributed by atoms with Crippen LogP contribution in [-0.2, 0) is 77.5 Å². The normalized spacial score (nSPS) is 35.2. The van der Waals surface area contributed by atoms with Gasteiger partial charge in [0.1, 0.15) is 5.73 Å². The van der Waals surface area contributed by atoms with Gasteiger partial charge in [0, 0.05) is 20.7 Å². The van der Waals surface area contributed by atoms with E-state index >= 15 is 0 Å². The topological polar surface area (TPSA) is 179 Å². The van der Waals surface area contributed by atoms with Crippen LogP contribution in [0.15, 0.2) is 243 Å². The molecular weight excluding hydrogens is 1710 g/mol. The number of hydrogen-bond acceptors (Lipinski definition) is 18. The van der Waals surface area contributed by atoms with Crippen LogP contribution >= 0.6 is 0 Å². The zero-order valence-electron chi connectivity index (χ0n) is 70.7. The number of ether oxygens (including phenoxy) is 4. The monoisotopic (exact) mass is 1820 g/mol. The highest BCUT2D eigenvalue weighted by Gasteiger charge is 2.80. The molecule has 19 rings (SSSR count). The van der Waals surface area contributed by atoms with Gasteiger partial charge in [-0.3, -0.25) is 0 Å². The maximum Gasteiger partial charge on any atom is 0.522 e. The quantitative estimate of drug-likeness (QED) is 0.0333. The molecule has 11 aliphatic rings. The Balaban J connectivity index is 0.881. The van der Waals surface area contributed by atoms with Crippen molar-refractivity contribution >= 4 is 141 Å². The Morgan fingerprint density at radius 2 is 0.583 bits per heavy atom. The van der Waals surface area contributed by atoms with Crippen LogP contribution in [0.25, 0.3) is 0 Å². The van der Waals surface area contributed by atoms with Crippen molar-refractivity contribution < 1.29 is 77.5 Å². The molecule has 2 radical (unpaired) electrons. The second kappa shape index (κ2) is 35.0. The Kier molecular flexibility index (Phi) is 24.8. The first-order valence-corrected chi connectivity index (χ1v) is 70.2. The Labute approximate surface area is 724 Å². The third-order valence-corrected chi connectivity index (χ3v) is 71.1. The van der Waals surface area contributed by atoms with Gasteiger partial charge in [-0.2, -0.15) is 0 Å². The minimum Gasteiger partial charge on any atom is -0.413 e. The molecule has 4 aliphatic carbocycles. The maximum absolute atomic E-state index is 9.20. The third kappa shape index (κ3) is 19.1. The molecule has 0 aromatic heterocycles. The molecule has 0 bridgehead atoms. The Hall–Kier alpha value is -4.36. The van der Waals surface area contributed by atoms with E-state index in [1.807, 2.05) is 42.5 Å². The zero-order chi connectivity index (χ0) is 82.0. The molecule has 0 N–H and O–H groups in total. The van der Waals surface area contributed by atoms with E-state index in [-0.39, 0.29) is 0 Å². The SMILES string of the molecule is C[Si](C)(CCC1CCC2OC2C1)O[Si]1(c2ccccc2)OC(c2ccccc2)[Si]2(OC3O[Si](O[Si](C)(C)CCC4CCC5OC5C4)(c4ccccc4)O[Si]3(c3ccccc3)O[Si](O[Si](C)(C)CCC3CCC4OC4C3)(c3ccccc3)O[Si](c3ccccc3)O[Si](c3ccccc3)O[Si](O[Si](C)(C)CCC3CCC4OC4C3)(c3ccccc3)O2)O1. The molecule has 120 heavy (non-hydrogen) atoms. The lowest BCUT2D eigenvalue weighted by molar-refractivity contribution is -0.00944. The van der Waals surface area contributed by atoms with Crippen LogP contribution in [0.2, 0.25) is 76.6 Å². The Morgan fingerprint density at radius 1 is 0.300 bits per heavy atom. The smallest absolute Gasteiger partial charge is 0.413 e. The number of fused-ring (bicyclic) bond motifs is 5. The molecule has 20 atom stereocenters. The zero-order valence-corrected chi connectivity index (χ0v) is 82.7. The summed E-state index contributed by atoms with van der Waals surface area (Å²) < 4.78 is 147. The van der Waals surface area contributed by atoms with Crippen molar-refractivity contribution in [1.29, 1.82) is 0 Å². The molecule has 30 heteroatoms. The van der Waals surface area contributed by atoms with Crippen LogP contribution in [0.5, 0.6) is 0 Å². The van der Waals surface area contributed by atoms with E-state index < -0.39 is 116 Å². The molecule has 7 heterocycles. The summed E-state index contributed by atoms with van der Waals surface area (Å²) in [4.78, 5) is 0. The summed E-state index contributed by atoms with van der Waals surface area (Å²) in [6.45, 7) is 18.7. The molecule has 20 unspecified atom stereocenters. The lowest BCUT2D eigenvalue weighted by Gasteiger charge is -2.45. The van der Waals surface area contributed by atoms with E-state index in [9.17, 15) is 8.23 Å². The van der Waals surface area contributed by atoms with E-state index in [0.29, 0.717) is 82.9 Å². The largest absolute Gasteiger partial charge is 0.522 e. The van der Waals surface area contributed by atoms with Gasteiger partial charge in [0.2, 0.25) is 0 Å². The first kappa shape index (κ1) is 85.1. The van der Waals surface area contributed by atoms with Gasteiger partial charge >= 0.3 is 71.2 Å². The molecule has 11 fully saturated rings. The van der Waals surface area contributed by atoms with E-state index in [0.717, 1.165) is 158 Å². The summed E-state index contributed by atoms with van der Waals surface area (Å²) in [6.07, 6.45) is 19.5. The average molecular weight is 1820 g/mol. The number of rotatable bonds is 28. The minimum atomic E-state index is -5.33. The molecule has 18 nitrogen and oxygen atoms in total. The fourth-order valence-corrected chi connectivity index (χ4v) is 72.9. The maximum atomic E-state index is 9.20. The van der Waals surface area contributed by atoms with E-state index in [2.05, 4.69) is 253 Å². The predicted octanol–water partition coefficient (Wildman–Crippen LogP) is 14.5. The summed E-state index contributed by atoms with van der Waals surface area (Å²) >= 11 is 0. The molecular formula is C90H118O18Si12. The molecule has 0 amide bonds. The van der Waals surface area contributed by atoms with Crippen LogP contribution in [-0.4, -0.2) is 159 Å². The summed E-state index contributed by atoms with van der Waals surface area (Å²) in [5, 5.41) is 5.26. The van der Waals surface area contributed by atoms with Gasteiger partial charge < -0.3 is 77.5 Å². The lowest BCUT2D eigenvalue weighted by Crippen LogP contribution is -2.76. The summed E-state index contributed by atoms with van der Waals surface area (Å²) in [5.74, 6) is 0.314. The van der Waals surface area contributed by atoms with Crippen LogP contribution in [0.3, 0.4) is 0 Å². The van der Waals surface area contributed by atoms with Crippen molar-refractivity contribution in [3.05, 3.63) is 248 Å². The first-order valence-electron chi connectivity index (χ1n) is 44.5. The molecule has 7 saturated heterocycles. The van der Waals surface area contributed by atoms with Crippen molar-refractivity contribution in [2.24, 2.45) is 23.7 Å². The highest BCUT2D eigenvalue weighted by Crippen LogP contribution is 2.53. The second-order valence-electron chi connectivity index (χ2n) is 38.0. The van der Waals surface area contributed by atoms with Gasteiger partial charge in [-0.05, 0) is 198 Å². The fraction of sp³-hybridized carbons (Fsp3) is 0.467. The van der Waals surface area contributed by atoms with Crippen molar-refractivity contribution in [2.75, 3.05) is 0 Å². The van der Waals surface area contributed by atoms with Gasteiger partial charge in [0.15, 0.2) is 39.2 Å². The van der Waals surface area contributed by atoms with Crippen LogP contribution in [0.4, 0.5) is 0 Å². The van der Waals surface area contributed by atoms with Crippen LogP contribution in [0, 0.1) is 23.7 Å². The third-order valence-electron chi connectivity index (χ3n) is 26.7. The highest BCUT2D eigenvalue weighted by molar-refractivity contribution is 7.04. The molecule has 8 aromatic carbocycles. The van der Waals surface area contributed by atoms with Crippen molar-refractivity contribution in [3.8, 4) is 0 Å². The van der Waals surface area contributed by atoms with Crippen LogP contribution in [0.1, 0.15) is 114 Å². The lowest BCUT2D eigenvalue weighted by atomic mass is 9.88. The number of epoxide rings is 4. The second-order valence-corrected chi connectivity index (χ2v) is 76.9. The van der Waals surface area contributed by atoms with Crippen molar-refractivity contribution in [1.82, 2.24) is 0 Å².